The van der Waals surface area contributed by atoms with E-state index in [1.807, 2.05) is 41.4 Å². The number of benzene rings is 1. The minimum Gasteiger partial charge on any atom is -0.290 e. The number of anilines is 1. The summed E-state index contributed by atoms with van der Waals surface area (Å²) in [5.41, 5.74) is 2.34. The minimum absolute atomic E-state index is 0.134. The molecule has 0 spiro atoms. The van der Waals surface area contributed by atoms with Crippen LogP contribution in [0.4, 0.5) is 5.13 Å². The van der Waals surface area contributed by atoms with Crippen molar-refractivity contribution in [1.29, 1.82) is 0 Å². The van der Waals surface area contributed by atoms with Crippen LogP contribution in [0.25, 0.3) is 10.2 Å². The summed E-state index contributed by atoms with van der Waals surface area (Å²) >= 11 is 3.41. The maximum atomic E-state index is 12.8. The zero-order chi connectivity index (χ0) is 16.5. The number of hydrogen-bond acceptors (Lipinski definition) is 5. The number of fused-ring (bicyclic) bond motifs is 2. The SMILES string of the molecule is CCN(C(=O)CN1CCc2sccc2C1)c1nc2ccccc2s1. The van der Waals surface area contributed by atoms with Crippen LogP contribution in [0, 0.1) is 0 Å². The van der Waals surface area contributed by atoms with Gasteiger partial charge in [-0.1, -0.05) is 23.5 Å². The summed E-state index contributed by atoms with van der Waals surface area (Å²) in [5, 5.41) is 2.95. The first-order valence-corrected chi connectivity index (χ1v) is 9.87. The first kappa shape index (κ1) is 15.7. The number of amides is 1. The number of carbonyl (C=O) groups is 1. The van der Waals surface area contributed by atoms with Gasteiger partial charge < -0.3 is 0 Å². The van der Waals surface area contributed by atoms with Gasteiger partial charge in [-0.2, -0.15) is 0 Å². The van der Waals surface area contributed by atoms with Crippen molar-refractivity contribution in [2.24, 2.45) is 0 Å². The third-order valence-electron chi connectivity index (χ3n) is 4.38. The van der Waals surface area contributed by atoms with Crippen LogP contribution < -0.4 is 4.90 Å². The Kier molecular flexibility index (Phi) is 4.35. The Morgan fingerprint density at radius 1 is 1.33 bits per heavy atom. The van der Waals surface area contributed by atoms with Crippen LogP contribution in [0.2, 0.25) is 0 Å². The van der Waals surface area contributed by atoms with Crippen molar-refractivity contribution in [3.05, 3.63) is 46.2 Å². The topological polar surface area (TPSA) is 36.4 Å². The van der Waals surface area contributed by atoms with Gasteiger partial charge in [0.1, 0.15) is 0 Å². The lowest BCUT2D eigenvalue weighted by Crippen LogP contribution is -2.42. The van der Waals surface area contributed by atoms with Crippen molar-refractivity contribution >= 4 is 43.9 Å². The number of rotatable bonds is 4. The van der Waals surface area contributed by atoms with Crippen LogP contribution in [0.5, 0.6) is 0 Å². The van der Waals surface area contributed by atoms with Crippen LogP contribution >= 0.6 is 22.7 Å². The molecule has 0 radical (unpaired) electrons. The monoisotopic (exact) mass is 357 g/mol. The molecule has 0 N–H and O–H groups in total. The Hall–Kier alpha value is -1.76. The van der Waals surface area contributed by atoms with Crippen molar-refractivity contribution in [3.63, 3.8) is 0 Å². The van der Waals surface area contributed by atoms with Crippen molar-refractivity contribution in [2.75, 3.05) is 24.5 Å². The number of thiophene rings is 1. The molecule has 4 rings (SSSR count). The Balaban J connectivity index is 1.50. The van der Waals surface area contributed by atoms with Crippen LogP contribution in [0.3, 0.4) is 0 Å². The van der Waals surface area contributed by atoms with E-state index in [2.05, 4.69) is 27.4 Å². The van der Waals surface area contributed by atoms with Gasteiger partial charge in [-0.3, -0.25) is 14.6 Å². The summed E-state index contributed by atoms with van der Waals surface area (Å²) in [6.07, 6.45) is 1.05. The highest BCUT2D eigenvalue weighted by Crippen LogP contribution is 2.29. The van der Waals surface area contributed by atoms with E-state index in [-0.39, 0.29) is 5.91 Å². The number of thiazole rings is 1. The maximum Gasteiger partial charge on any atom is 0.242 e. The molecule has 1 aliphatic rings. The first-order valence-electron chi connectivity index (χ1n) is 8.18. The van der Waals surface area contributed by atoms with E-state index in [0.29, 0.717) is 13.1 Å². The molecule has 3 heterocycles. The molecule has 0 unspecified atom stereocenters. The number of aromatic nitrogens is 1. The normalized spacial score (nSPS) is 14.7. The third-order valence-corrected chi connectivity index (χ3v) is 6.46. The molecule has 0 fully saturated rings. The van der Waals surface area contributed by atoms with Crippen LogP contribution in [0.15, 0.2) is 35.7 Å². The van der Waals surface area contributed by atoms with E-state index < -0.39 is 0 Å². The fraction of sp³-hybridized carbons (Fsp3) is 0.333. The van der Waals surface area contributed by atoms with Gasteiger partial charge in [0.05, 0.1) is 16.8 Å². The van der Waals surface area contributed by atoms with Crippen molar-refractivity contribution in [3.8, 4) is 0 Å². The van der Waals surface area contributed by atoms with E-state index in [1.165, 1.54) is 10.4 Å². The van der Waals surface area contributed by atoms with E-state index in [1.54, 1.807) is 11.3 Å². The Morgan fingerprint density at radius 3 is 3.04 bits per heavy atom. The van der Waals surface area contributed by atoms with Gasteiger partial charge in [-0.25, -0.2) is 4.98 Å². The number of nitrogens with zero attached hydrogens (tertiary/aromatic N) is 3. The fourth-order valence-electron chi connectivity index (χ4n) is 3.11. The van der Waals surface area contributed by atoms with Crippen LogP contribution in [-0.2, 0) is 17.8 Å². The Labute approximate surface area is 149 Å². The van der Waals surface area contributed by atoms with Crippen LogP contribution in [-0.4, -0.2) is 35.4 Å². The van der Waals surface area contributed by atoms with Gasteiger partial charge in [0, 0.05) is 24.5 Å². The van der Waals surface area contributed by atoms with E-state index >= 15 is 0 Å². The maximum absolute atomic E-state index is 12.8. The van der Waals surface area contributed by atoms with Gasteiger partial charge >= 0.3 is 0 Å². The summed E-state index contributed by atoms with van der Waals surface area (Å²) in [6, 6.07) is 10.2. The molecule has 1 aliphatic heterocycles. The Morgan fingerprint density at radius 2 is 2.21 bits per heavy atom. The zero-order valence-corrected chi connectivity index (χ0v) is 15.2. The summed E-state index contributed by atoms with van der Waals surface area (Å²) in [4.78, 5) is 23.0. The lowest BCUT2D eigenvalue weighted by atomic mass is 10.1. The number of hydrogen-bond donors (Lipinski definition) is 0. The van der Waals surface area contributed by atoms with Crippen molar-refractivity contribution in [1.82, 2.24) is 9.88 Å². The van der Waals surface area contributed by atoms with Gasteiger partial charge in [0.2, 0.25) is 5.91 Å². The van der Waals surface area contributed by atoms with Gasteiger partial charge in [-0.15, -0.1) is 11.3 Å². The predicted octanol–water partition coefficient (Wildman–Crippen LogP) is 3.77. The highest BCUT2D eigenvalue weighted by molar-refractivity contribution is 7.22. The molecule has 0 saturated heterocycles. The van der Waals surface area contributed by atoms with Crippen LogP contribution in [0.1, 0.15) is 17.4 Å². The zero-order valence-electron chi connectivity index (χ0n) is 13.6. The van der Waals surface area contributed by atoms with Crippen molar-refractivity contribution in [2.45, 2.75) is 19.9 Å². The Bertz CT molecular complexity index is 837. The first-order chi connectivity index (χ1) is 11.7. The average Bonchev–Trinajstić information content (AvgIpc) is 3.21. The second-order valence-electron chi connectivity index (χ2n) is 5.93. The number of likely N-dealkylation sites (N-methyl/N-ethyl adjacent to an activating group) is 1. The molecule has 2 aromatic heterocycles. The second-order valence-corrected chi connectivity index (χ2v) is 7.94. The molecule has 0 bridgehead atoms. The van der Waals surface area contributed by atoms with Gasteiger partial charge in [-0.05, 0) is 42.5 Å². The fourth-order valence-corrected chi connectivity index (χ4v) is 5.05. The molecular weight excluding hydrogens is 338 g/mol. The molecule has 6 heteroatoms. The highest BCUT2D eigenvalue weighted by Gasteiger charge is 2.23. The third kappa shape index (κ3) is 2.97. The molecule has 0 atom stereocenters. The molecule has 0 aliphatic carbocycles. The summed E-state index contributed by atoms with van der Waals surface area (Å²) in [7, 11) is 0. The molecule has 3 aromatic rings. The molecule has 0 saturated carbocycles. The minimum atomic E-state index is 0.134. The predicted molar refractivity (Wildman–Crippen MR) is 101 cm³/mol. The number of carbonyl (C=O) groups excluding carboxylic acids is 1. The highest BCUT2D eigenvalue weighted by atomic mass is 32.1. The quantitative estimate of drug-likeness (QED) is 0.713. The lowest BCUT2D eigenvalue weighted by molar-refractivity contribution is -0.119. The van der Waals surface area contributed by atoms with E-state index in [0.717, 1.165) is 34.9 Å². The lowest BCUT2D eigenvalue weighted by Gasteiger charge is -2.28. The van der Waals surface area contributed by atoms with Crippen molar-refractivity contribution < 1.29 is 4.79 Å². The standard InChI is InChI=1S/C18H19N3OS2/c1-2-21(18-19-14-5-3-4-6-16(14)24-18)17(22)12-20-9-7-15-13(11-20)8-10-23-15/h3-6,8,10H,2,7,9,11-12H2,1H3. The summed E-state index contributed by atoms with van der Waals surface area (Å²) in [6.45, 7) is 4.95. The molecule has 124 valence electrons. The average molecular weight is 358 g/mol. The molecule has 1 amide bonds. The van der Waals surface area contributed by atoms with Gasteiger partial charge in [0.25, 0.3) is 0 Å². The largest absolute Gasteiger partial charge is 0.290 e. The molecule has 4 nitrogen and oxygen atoms in total. The summed E-state index contributed by atoms with van der Waals surface area (Å²) < 4.78 is 1.12. The smallest absolute Gasteiger partial charge is 0.242 e. The van der Waals surface area contributed by atoms with E-state index in [4.69, 9.17) is 0 Å². The number of para-hydroxylation sites is 1. The summed E-state index contributed by atoms with van der Waals surface area (Å²) in [5.74, 6) is 0.134. The van der Waals surface area contributed by atoms with Gasteiger partial charge in [0.15, 0.2) is 5.13 Å². The molecule has 1 aromatic carbocycles. The molecular formula is C18H19N3OS2. The second kappa shape index (κ2) is 6.63. The van der Waals surface area contributed by atoms with E-state index in [9.17, 15) is 4.79 Å². The molecule has 24 heavy (non-hydrogen) atoms.